The minimum Gasteiger partial charge on any atom is -0.493 e. The molecule has 1 aromatic heterocycles. The van der Waals surface area contributed by atoms with Crippen molar-refractivity contribution in [3.63, 3.8) is 0 Å². The summed E-state index contributed by atoms with van der Waals surface area (Å²) in [5.41, 5.74) is 1.54. The van der Waals surface area contributed by atoms with Crippen LogP contribution in [0.1, 0.15) is 48.5 Å². The SMILES string of the molecule is CCOC(=O)CCN(CC1CCCN1CC)C(=O)c1sc(-c2ccc(OC)c(OC)c2)nc1C. The van der Waals surface area contributed by atoms with Gasteiger partial charge in [-0.15, -0.1) is 11.3 Å². The number of thiazole rings is 1. The van der Waals surface area contributed by atoms with Gasteiger partial charge in [0.05, 0.1) is 32.9 Å². The van der Waals surface area contributed by atoms with E-state index in [9.17, 15) is 9.59 Å². The van der Waals surface area contributed by atoms with Crippen molar-refractivity contribution in [2.24, 2.45) is 0 Å². The molecule has 8 nitrogen and oxygen atoms in total. The fraction of sp³-hybridized carbons (Fsp3) is 0.560. The van der Waals surface area contributed by atoms with Gasteiger partial charge < -0.3 is 19.1 Å². The summed E-state index contributed by atoms with van der Waals surface area (Å²) >= 11 is 1.36. The van der Waals surface area contributed by atoms with Gasteiger partial charge in [0.15, 0.2) is 11.5 Å². The Morgan fingerprint density at radius 2 is 1.97 bits per heavy atom. The van der Waals surface area contributed by atoms with Gasteiger partial charge >= 0.3 is 5.97 Å². The van der Waals surface area contributed by atoms with Crippen molar-refractivity contribution in [1.82, 2.24) is 14.8 Å². The van der Waals surface area contributed by atoms with Crippen molar-refractivity contribution in [3.8, 4) is 22.1 Å². The fourth-order valence-electron chi connectivity index (χ4n) is 4.34. The van der Waals surface area contributed by atoms with Gasteiger partial charge in [-0.25, -0.2) is 4.98 Å². The van der Waals surface area contributed by atoms with E-state index in [-0.39, 0.29) is 18.3 Å². The summed E-state index contributed by atoms with van der Waals surface area (Å²) in [5, 5.41) is 0.739. The summed E-state index contributed by atoms with van der Waals surface area (Å²) < 4.78 is 15.8. The number of carbonyl (C=O) groups excluding carboxylic acids is 2. The van der Waals surface area contributed by atoms with Crippen molar-refractivity contribution in [3.05, 3.63) is 28.8 Å². The van der Waals surface area contributed by atoms with Crippen LogP contribution in [0.4, 0.5) is 0 Å². The number of carbonyl (C=O) groups is 2. The molecule has 1 fully saturated rings. The second-order valence-electron chi connectivity index (χ2n) is 8.23. The Balaban J connectivity index is 1.85. The molecule has 1 aliphatic rings. The van der Waals surface area contributed by atoms with Crippen LogP contribution in [0.5, 0.6) is 11.5 Å². The third-order valence-electron chi connectivity index (χ3n) is 6.14. The average Bonchev–Trinajstić information content (AvgIpc) is 3.46. The van der Waals surface area contributed by atoms with Crippen LogP contribution in [0.15, 0.2) is 18.2 Å². The molecule has 9 heteroatoms. The maximum atomic E-state index is 13.7. The van der Waals surface area contributed by atoms with Crippen molar-refractivity contribution < 1.29 is 23.8 Å². The molecule has 1 aromatic carbocycles. The highest BCUT2D eigenvalue weighted by molar-refractivity contribution is 7.17. The molecular formula is C25H35N3O5S. The van der Waals surface area contributed by atoms with Gasteiger partial charge in [-0.05, 0) is 58.0 Å². The Morgan fingerprint density at radius 3 is 2.65 bits per heavy atom. The van der Waals surface area contributed by atoms with E-state index >= 15 is 0 Å². The molecular weight excluding hydrogens is 454 g/mol. The highest BCUT2D eigenvalue weighted by Crippen LogP contribution is 2.35. The zero-order chi connectivity index (χ0) is 24.7. The molecule has 1 atom stereocenters. The number of likely N-dealkylation sites (N-methyl/N-ethyl adjacent to an activating group) is 1. The van der Waals surface area contributed by atoms with Crippen LogP contribution in [0.3, 0.4) is 0 Å². The first-order chi connectivity index (χ1) is 16.4. The molecule has 1 amide bonds. The minimum atomic E-state index is -0.286. The molecule has 1 unspecified atom stereocenters. The number of benzene rings is 1. The van der Waals surface area contributed by atoms with Crippen molar-refractivity contribution in [1.29, 1.82) is 0 Å². The first kappa shape index (κ1) is 26.0. The summed E-state index contributed by atoms with van der Waals surface area (Å²) in [7, 11) is 3.18. The topological polar surface area (TPSA) is 81.2 Å². The van der Waals surface area contributed by atoms with Crippen LogP contribution < -0.4 is 9.47 Å². The molecule has 0 aliphatic carbocycles. The number of aryl methyl sites for hydroxylation is 1. The number of amides is 1. The number of methoxy groups -OCH3 is 2. The Morgan fingerprint density at radius 1 is 1.21 bits per heavy atom. The number of rotatable bonds is 11. The summed E-state index contributed by atoms with van der Waals surface area (Å²) in [4.78, 5) is 35.2. The van der Waals surface area contributed by atoms with E-state index in [0.29, 0.717) is 47.8 Å². The van der Waals surface area contributed by atoms with E-state index in [1.165, 1.54) is 11.3 Å². The van der Waals surface area contributed by atoms with Gasteiger partial charge in [-0.3, -0.25) is 14.5 Å². The lowest BCUT2D eigenvalue weighted by Crippen LogP contribution is -2.43. The van der Waals surface area contributed by atoms with Gasteiger partial charge in [-0.1, -0.05) is 6.92 Å². The lowest BCUT2D eigenvalue weighted by molar-refractivity contribution is -0.143. The van der Waals surface area contributed by atoms with Crippen LogP contribution in [0.25, 0.3) is 10.6 Å². The van der Waals surface area contributed by atoms with Crippen LogP contribution >= 0.6 is 11.3 Å². The first-order valence-corrected chi connectivity index (χ1v) is 12.6. The number of esters is 1. The van der Waals surface area contributed by atoms with Crippen LogP contribution in [0, 0.1) is 6.92 Å². The predicted octanol–water partition coefficient (Wildman–Crippen LogP) is 4.02. The standard InChI is InChI=1S/C25H35N3O5S/c1-6-27-13-8-9-19(27)16-28(14-12-22(29)33-7-2)25(30)23-17(3)26-24(34-23)18-10-11-20(31-4)21(15-18)32-5/h10-11,15,19H,6-9,12-14,16H2,1-5H3. The van der Waals surface area contributed by atoms with Crippen molar-refractivity contribution >= 4 is 23.2 Å². The Bertz CT molecular complexity index is 993. The maximum Gasteiger partial charge on any atom is 0.307 e. The monoisotopic (exact) mass is 489 g/mol. The van der Waals surface area contributed by atoms with Gasteiger partial charge in [0, 0.05) is 24.7 Å². The normalized spacial score (nSPS) is 15.9. The highest BCUT2D eigenvalue weighted by atomic mass is 32.1. The van der Waals surface area contributed by atoms with Crippen LogP contribution in [-0.2, 0) is 9.53 Å². The van der Waals surface area contributed by atoms with E-state index in [4.69, 9.17) is 14.2 Å². The van der Waals surface area contributed by atoms with Gasteiger partial charge in [0.1, 0.15) is 9.88 Å². The number of nitrogens with zero attached hydrogens (tertiary/aromatic N) is 3. The molecule has 1 saturated heterocycles. The molecule has 2 heterocycles. The molecule has 3 rings (SSSR count). The van der Waals surface area contributed by atoms with E-state index < -0.39 is 0 Å². The molecule has 0 N–H and O–H groups in total. The molecule has 186 valence electrons. The number of ether oxygens (including phenoxy) is 3. The number of hydrogen-bond acceptors (Lipinski definition) is 8. The third-order valence-corrected chi connectivity index (χ3v) is 7.33. The van der Waals surface area contributed by atoms with Gasteiger partial charge in [-0.2, -0.15) is 0 Å². The lowest BCUT2D eigenvalue weighted by Gasteiger charge is -2.30. The van der Waals surface area contributed by atoms with E-state index in [1.54, 1.807) is 26.0 Å². The summed E-state index contributed by atoms with van der Waals surface area (Å²) in [5.74, 6) is 0.871. The summed E-state index contributed by atoms with van der Waals surface area (Å²) in [6.45, 7) is 9.04. The number of aromatic nitrogens is 1. The van der Waals surface area contributed by atoms with Crippen LogP contribution in [0.2, 0.25) is 0 Å². The molecule has 2 aromatic rings. The average molecular weight is 490 g/mol. The summed E-state index contributed by atoms with van der Waals surface area (Å²) in [6.07, 6.45) is 2.36. The third kappa shape index (κ3) is 6.07. The van der Waals surface area contributed by atoms with Crippen molar-refractivity contribution in [2.75, 3.05) is 47.0 Å². The summed E-state index contributed by atoms with van der Waals surface area (Å²) in [6, 6.07) is 5.90. The van der Waals surface area contributed by atoms with Crippen molar-refractivity contribution in [2.45, 2.75) is 46.1 Å². The Hall–Kier alpha value is -2.65. The molecule has 0 saturated carbocycles. The number of likely N-dealkylation sites (tertiary alicyclic amines) is 1. The smallest absolute Gasteiger partial charge is 0.307 e. The Labute approximate surface area is 205 Å². The highest BCUT2D eigenvalue weighted by Gasteiger charge is 2.29. The van der Waals surface area contributed by atoms with Gasteiger partial charge in [0.2, 0.25) is 0 Å². The lowest BCUT2D eigenvalue weighted by atomic mass is 10.2. The van der Waals surface area contributed by atoms with E-state index in [1.807, 2.05) is 25.1 Å². The first-order valence-electron chi connectivity index (χ1n) is 11.8. The largest absolute Gasteiger partial charge is 0.493 e. The Kier molecular flexibility index (Phi) is 9.29. The van der Waals surface area contributed by atoms with E-state index in [0.717, 1.165) is 36.5 Å². The molecule has 0 bridgehead atoms. The van der Waals surface area contributed by atoms with Crippen LogP contribution in [-0.4, -0.2) is 79.7 Å². The fourth-order valence-corrected chi connectivity index (χ4v) is 5.37. The van der Waals surface area contributed by atoms with E-state index in [2.05, 4.69) is 16.8 Å². The predicted molar refractivity (Wildman–Crippen MR) is 133 cm³/mol. The quantitative estimate of drug-likeness (QED) is 0.441. The maximum absolute atomic E-state index is 13.7. The molecule has 0 radical (unpaired) electrons. The van der Waals surface area contributed by atoms with Gasteiger partial charge in [0.25, 0.3) is 5.91 Å². The second kappa shape index (κ2) is 12.2. The zero-order valence-corrected chi connectivity index (χ0v) is 21.6. The number of hydrogen-bond donors (Lipinski definition) is 0. The zero-order valence-electron chi connectivity index (χ0n) is 20.8. The minimum absolute atomic E-state index is 0.0889. The second-order valence-corrected chi connectivity index (χ2v) is 9.23. The molecule has 1 aliphatic heterocycles. The molecule has 0 spiro atoms. The molecule has 34 heavy (non-hydrogen) atoms.